The first kappa shape index (κ1) is 13.7. The third kappa shape index (κ3) is 2.77. The second kappa shape index (κ2) is 5.64. The predicted molar refractivity (Wildman–Crippen MR) is 71.8 cm³/mol. The first-order valence-electron chi connectivity index (χ1n) is 6.41. The molecule has 0 fully saturated rings. The van der Waals surface area contributed by atoms with Crippen molar-refractivity contribution in [2.24, 2.45) is 5.10 Å². The van der Waals surface area contributed by atoms with Crippen LogP contribution in [0.25, 0.3) is 5.65 Å². The molecule has 0 aliphatic carbocycles. The van der Waals surface area contributed by atoms with Gasteiger partial charge in [-0.1, -0.05) is 9.61 Å². The zero-order chi connectivity index (χ0) is 15.5. The van der Waals surface area contributed by atoms with Crippen LogP contribution in [0.2, 0.25) is 0 Å². The lowest BCUT2D eigenvalue weighted by atomic mass is 10.4. The molecular formula is C13H12N6O3. The summed E-state index contributed by atoms with van der Waals surface area (Å²) in [6, 6.07) is 4.80. The smallest absolute Gasteiger partial charge is 0.321 e. The highest BCUT2D eigenvalue weighted by molar-refractivity contribution is 5.79. The van der Waals surface area contributed by atoms with E-state index in [0.717, 1.165) is 0 Å². The fraction of sp³-hybridized carbons (Fsp3) is 0.154. The van der Waals surface area contributed by atoms with Crippen molar-refractivity contribution in [3.8, 4) is 5.75 Å². The molecule has 3 aromatic heterocycles. The van der Waals surface area contributed by atoms with Crippen molar-refractivity contribution in [2.45, 2.75) is 13.5 Å². The molecule has 0 radical (unpaired) electrons. The molecule has 1 N–H and O–H groups in total. The number of furan rings is 1. The van der Waals surface area contributed by atoms with Crippen molar-refractivity contribution in [1.29, 1.82) is 0 Å². The molecule has 112 valence electrons. The molecule has 3 aromatic rings. The highest BCUT2D eigenvalue weighted by Crippen LogP contribution is 2.10. The Kier molecular flexibility index (Phi) is 3.52. The van der Waals surface area contributed by atoms with Crippen LogP contribution in [0, 0.1) is 6.92 Å². The summed E-state index contributed by atoms with van der Waals surface area (Å²) in [5.74, 6) is -0.160. The number of nitrogens with zero attached hydrogens (tertiary/aromatic N) is 5. The Bertz CT molecular complexity index is 837. The highest BCUT2D eigenvalue weighted by Gasteiger charge is 2.17. The lowest BCUT2D eigenvalue weighted by molar-refractivity contribution is -0.717. The van der Waals surface area contributed by atoms with Gasteiger partial charge in [0.2, 0.25) is 0 Å². The van der Waals surface area contributed by atoms with E-state index in [2.05, 4.69) is 20.7 Å². The third-order valence-corrected chi connectivity index (χ3v) is 2.81. The van der Waals surface area contributed by atoms with Gasteiger partial charge in [0.05, 0.1) is 18.2 Å². The number of carbonyl (C=O) groups excluding carboxylic acids is 1. The highest BCUT2D eigenvalue weighted by atomic mass is 16.3. The van der Waals surface area contributed by atoms with Crippen LogP contribution in [-0.4, -0.2) is 26.8 Å². The first-order valence-corrected chi connectivity index (χ1v) is 6.41. The van der Waals surface area contributed by atoms with Crippen LogP contribution in [0.4, 0.5) is 0 Å². The standard InChI is InChI=1S/C13H12N6O3/c1-9-5-11(20)13-18(15-8-19(13)17-9)7-12(21)16-14-6-10-3-2-4-22-10/h2-6,8H,7H2,1H3,(H-,16,17,20,21). The van der Waals surface area contributed by atoms with Gasteiger partial charge >= 0.3 is 5.65 Å². The van der Waals surface area contributed by atoms with Crippen molar-refractivity contribution < 1.29 is 19.0 Å². The molecule has 0 aromatic carbocycles. The topological polar surface area (TPSA) is 112 Å². The Morgan fingerprint density at radius 3 is 3.27 bits per heavy atom. The zero-order valence-electron chi connectivity index (χ0n) is 11.6. The quantitative estimate of drug-likeness (QED) is 0.383. The van der Waals surface area contributed by atoms with E-state index >= 15 is 0 Å². The fourth-order valence-corrected chi connectivity index (χ4v) is 1.92. The molecule has 0 aliphatic heterocycles. The minimum Gasteiger partial charge on any atom is -0.867 e. The van der Waals surface area contributed by atoms with Gasteiger partial charge < -0.3 is 9.52 Å². The Morgan fingerprint density at radius 1 is 1.64 bits per heavy atom. The molecule has 0 atom stereocenters. The number of aromatic nitrogens is 4. The normalized spacial score (nSPS) is 11.3. The molecule has 3 heterocycles. The largest absolute Gasteiger partial charge is 0.867 e. The van der Waals surface area contributed by atoms with Gasteiger partial charge in [-0.05, 0) is 36.0 Å². The summed E-state index contributed by atoms with van der Waals surface area (Å²) < 4.78 is 7.65. The van der Waals surface area contributed by atoms with E-state index in [9.17, 15) is 9.90 Å². The molecular weight excluding hydrogens is 288 g/mol. The van der Waals surface area contributed by atoms with E-state index in [-0.39, 0.29) is 17.9 Å². The third-order valence-electron chi connectivity index (χ3n) is 2.81. The van der Waals surface area contributed by atoms with Crippen molar-refractivity contribution >= 4 is 17.8 Å². The van der Waals surface area contributed by atoms with Gasteiger partial charge in [-0.25, -0.2) is 5.43 Å². The van der Waals surface area contributed by atoms with Crippen molar-refractivity contribution in [3.63, 3.8) is 0 Å². The van der Waals surface area contributed by atoms with Crippen molar-refractivity contribution in [2.75, 3.05) is 0 Å². The average molecular weight is 300 g/mol. The van der Waals surface area contributed by atoms with E-state index in [1.54, 1.807) is 19.1 Å². The maximum absolute atomic E-state index is 11.9. The van der Waals surface area contributed by atoms with Gasteiger partial charge in [-0.3, -0.25) is 4.79 Å². The summed E-state index contributed by atoms with van der Waals surface area (Å²) in [7, 11) is 0. The molecule has 0 saturated heterocycles. The van der Waals surface area contributed by atoms with Gasteiger partial charge in [-0.2, -0.15) is 5.10 Å². The average Bonchev–Trinajstić information content (AvgIpc) is 3.09. The molecule has 0 aliphatic rings. The monoisotopic (exact) mass is 300 g/mol. The van der Waals surface area contributed by atoms with Crippen molar-refractivity contribution in [1.82, 2.24) is 20.1 Å². The SMILES string of the molecule is Cc1cc([O-])c2n(cn[n+]2CC(=O)NN=Cc2ccco2)n1. The minimum atomic E-state index is -0.423. The second-order valence-corrected chi connectivity index (χ2v) is 4.52. The van der Waals surface area contributed by atoms with E-state index in [0.29, 0.717) is 11.5 Å². The predicted octanol–water partition coefficient (Wildman–Crippen LogP) is -0.858. The second-order valence-electron chi connectivity index (χ2n) is 4.52. The van der Waals surface area contributed by atoms with Crippen LogP contribution in [0.5, 0.6) is 5.75 Å². The summed E-state index contributed by atoms with van der Waals surface area (Å²) in [5, 5.41) is 23.8. The number of fused-ring (bicyclic) bond motifs is 1. The van der Waals surface area contributed by atoms with E-state index in [1.165, 1.54) is 34.1 Å². The van der Waals surface area contributed by atoms with Gasteiger partial charge in [0.1, 0.15) is 5.76 Å². The number of nitrogens with one attached hydrogen (secondary N) is 1. The summed E-state index contributed by atoms with van der Waals surface area (Å²) in [5.41, 5.74) is 3.13. The number of hydrazone groups is 1. The molecule has 1 amide bonds. The van der Waals surface area contributed by atoms with E-state index in [1.807, 2.05) is 0 Å². The molecule has 22 heavy (non-hydrogen) atoms. The number of carbonyl (C=O) groups is 1. The van der Waals surface area contributed by atoms with Crippen LogP contribution in [0.15, 0.2) is 40.3 Å². The van der Waals surface area contributed by atoms with Gasteiger partial charge in [-0.15, -0.1) is 4.68 Å². The van der Waals surface area contributed by atoms with Crippen molar-refractivity contribution in [3.05, 3.63) is 42.2 Å². The molecule has 9 heteroatoms. The zero-order valence-corrected chi connectivity index (χ0v) is 11.6. The Labute approximate surface area is 124 Å². The van der Waals surface area contributed by atoms with Gasteiger partial charge in [0.15, 0.2) is 6.54 Å². The maximum atomic E-state index is 11.9. The fourth-order valence-electron chi connectivity index (χ4n) is 1.92. The molecule has 9 nitrogen and oxygen atoms in total. The maximum Gasteiger partial charge on any atom is 0.321 e. The number of hydrogen-bond acceptors (Lipinski definition) is 6. The minimum absolute atomic E-state index is 0.147. The van der Waals surface area contributed by atoms with Gasteiger partial charge in [0.25, 0.3) is 12.2 Å². The Hall–Kier alpha value is -3.23. The number of hydrogen-bond donors (Lipinski definition) is 1. The molecule has 0 spiro atoms. The summed E-state index contributed by atoms with van der Waals surface area (Å²) in [4.78, 5) is 11.8. The number of aryl methyl sites for hydroxylation is 1. The van der Waals surface area contributed by atoms with Crippen LogP contribution in [0.1, 0.15) is 11.5 Å². The van der Waals surface area contributed by atoms with Crippen LogP contribution < -0.4 is 15.2 Å². The van der Waals surface area contributed by atoms with E-state index < -0.39 is 5.91 Å². The Morgan fingerprint density at radius 2 is 2.50 bits per heavy atom. The summed E-state index contributed by atoms with van der Waals surface area (Å²) in [6.07, 6.45) is 4.25. The van der Waals surface area contributed by atoms with Crippen LogP contribution >= 0.6 is 0 Å². The Balaban J connectivity index is 1.72. The van der Waals surface area contributed by atoms with Crippen LogP contribution in [0.3, 0.4) is 0 Å². The molecule has 0 saturated carbocycles. The lowest BCUT2D eigenvalue weighted by Gasteiger charge is -2.04. The summed E-state index contributed by atoms with van der Waals surface area (Å²) >= 11 is 0. The number of rotatable bonds is 4. The van der Waals surface area contributed by atoms with Gasteiger partial charge in [0, 0.05) is 0 Å². The molecule has 0 bridgehead atoms. The molecule has 0 unspecified atom stereocenters. The summed E-state index contributed by atoms with van der Waals surface area (Å²) in [6.45, 7) is 1.56. The first-order chi connectivity index (χ1) is 10.6. The number of amides is 1. The molecule has 3 rings (SSSR count). The lowest BCUT2D eigenvalue weighted by Crippen LogP contribution is -2.44. The van der Waals surface area contributed by atoms with E-state index in [4.69, 9.17) is 4.42 Å². The van der Waals surface area contributed by atoms with Crippen LogP contribution in [-0.2, 0) is 11.3 Å².